The van der Waals surface area contributed by atoms with Crippen LogP contribution in [-0.2, 0) is 5.41 Å². The minimum atomic E-state index is 0.456. The van der Waals surface area contributed by atoms with Gasteiger partial charge in [0.25, 0.3) is 0 Å². The Morgan fingerprint density at radius 3 is 2.75 bits per heavy atom. The molecule has 2 fully saturated rings. The van der Waals surface area contributed by atoms with E-state index in [0.29, 0.717) is 5.41 Å². The zero-order chi connectivity index (χ0) is 16.1. The number of hydrogen-bond acceptors (Lipinski definition) is 3. The predicted octanol–water partition coefficient (Wildman–Crippen LogP) is 3.81. The molecular weight excluding hydrogens is 296 g/mol. The molecule has 3 aliphatic rings. The average molecular weight is 320 g/mol. The first-order chi connectivity index (χ1) is 11.8. The summed E-state index contributed by atoms with van der Waals surface area (Å²) in [7, 11) is 0. The van der Waals surface area contributed by atoms with Gasteiger partial charge in [0, 0.05) is 24.2 Å². The molecule has 2 aromatic rings. The predicted molar refractivity (Wildman–Crippen MR) is 97.3 cm³/mol. The lowest BCUT2D eigenvalue weighted by atomic mass is 9.94. The first-order valence-corrected chi connectivity index (χ1v) is 9.12. The van der Waals surface area contributed by atoms with E-state index in [2.05, 4.69) is 59.2 Å². The van der Waals surface area contributed by atoms with E-state index in [4.69, 9.17) is 4.74 Å². The van der Waals surface area contributed by atoms with Crippen LogP contribution in [0.25, 0.3) is 0 Å². The molecular formula is C21H24N2O. The van der Waals surface area contributed by atoms with E-state index in [1.165, 1.54) is 43.0 Å². The van der Waals surface area contributed by atoms with Crippen molar-refractivity contribution in [2.24, 2.45) is 5.92 Å². The van der Waals surface area contributed by atoms with Crippen LogP contribution in [0.4, 0.5) is 11.4 Å². The second-order valence-corrected chi connectivity index (χ2v) is 7.40. The van der Waals surface area contributed by atoms with E-state index >= 15 is 0 Å². The van der Waals surface area contributed by atoms with E-state index in [0.717, 1.165) is 24.8 Å². The lowest BCUT2D eigenvalue weighted by Gasteiger charge is -2.31. The molecule has 1 saturated carbocycles. The molecule has 5 rings (SSSR count). The van der Waals surface area contributed by atoms with Gasteiger partial charge in [0.1, 0.15) is 12.4 Å². The third-order valence-corrected chi connectivity index (χ3v) is 6.15. The number of ether oxygens (including phenoxy) is 1. The Morgan fingerprint density at radius 1 is 1.12 bits per heavy atom. The Morgan fingerprint density at radius 2 is 1.96 bits per heavy atom. The first-order valence-electron chi connectivity index (χ1n) is 9.12. The number of piperidine rings is 1. The molecule has 0 bridgehead atoms. The molecule has 1 saturated heterocycles. The van der Waals surface area contributed by atoms with Crippen molar-refractivity contribution in [3.8, 4) is 5.75 Å². The molecule has 0 radical (unpaired) electrons. The van der Waals surface area contributed by atoms with E-state index in [1.807, 2.05) is 6.07 Å². The molecule has 3 nitrogen and oxygen atoms in total. The van der Waals surface area contributed by atoms with Crippen LogP contribution in [0.1, 0.15) is 18.9 Å². The minimum Gasteiger partial charge on any atom is -0.490 e. The Balaban J connectivity index is 1.42. The van der Waals surface area contributed by atoms with Crippen LogP contribution in [0.3, 0.4) is 0 Å². The van der Waals surface area contributed by atoms with E-state index in [-0.39, 0.29) is 0 Å². The van der Waals surface area contributed by atoms with Crippen LogP contribution in [-0.4, -0.2) is 37.7 Å². The number of rotatable bonds is 3. The molecule has 3 heteroatoms. The zero-order valence-corrected chi connectivity index (χ0v) is 14.2. The first kappa shape index (κ1) is 14.4. The molecule has 0 amide bonds. The fourth-order valence-electron chi connectivity index (χ4n) is 4.69. The van der Waals surface area contributed by atoms with Crippen LogP contribution in [0, 0.1) is 5.92 Å². The standard InChI is InChI=1S/C21H24N2O/c1-2-22-14-17-13-21(17,15-22)16-7-9-18(10-8-16)23-11-12-24-20-6-4-3-5-19(20)23/h3-10,17H,2,11-15H2,1H3. The highest BCUT2D eigenvalue weighted by molar-refractivity contribution is 5.70. The van der Waals surface area contributed by atoms with Gasteiger partial charge in [-0.1, -0.05) is 31.2 Å². The number of benzene rings is 2. The maximum atomic E-state index is 5.78. The Hall–Kier alpha value is -2.00. The molecule has 0 spiro atoms. The molecule has 2 aromatic carbocycles. The van der Waals surface area contributed by atoms with Crippen LogP contribution < -0.4 is 9.64 Å². The minimum absolute atomic E-state index is 0.456. The van der Waals surface area contributed by atoms with E-state index < -0.39 is 0 Å². The van der Waals surface area contributed by atoms with Crippen molar-refractivity contribution in [2.45, 2.75) is 18.8 Å². The molecule has 2 atom stereocenters. The summed E-state index contributed by atoms with van der Waals surface area (Å²) >= 11 is 0. The summed E-state index contributed by atoms with van der Waals surface area (Å²) in [5, 5.41) is 0. The summed E-state index contributed by atoms with van der Waals surface area (Å²) in [6.07, 6.45) is 1.38. The quantitative estimate of drug-likeness (QED) is 0.855. The van der Waals surface area contributed by atoms with Crippen molar-refractivity contribution < 1.29 is 4.74 Å². The number of para-hydroxylation sites is 2. The largest absolute Gasteiger partial charge is 0.490 e. The van der Waals surface area contributed by atoms with Gasteiger partial charge in [-0.05, 0) is 48.7 Å². The van der Waals surface area contributed by atoms with Gasteiger partial charge < -0.3 is 14.5 Å². The van der Waals surface area contributed by atoms with Crippen LogP contribution >= 0.6 is 0 Å². The summed E-state index contributed by atoms with van der Waals surface area (Å²) in [4.78, 5) is 4.97. The molecule has 0 N–H and O–H groups in total. The summed E-state index contributed by atoms with van der Waals surface area (Å²) < 4.78 is 5.78. The topological polar surface area (TPSA) is 15.7 Å². The van der Waals surface area contributed by atoms with Gasteiger partial charge in [-0.2, -0.15) is 0 Å². The van der Waals surface area contributed by atoms with Crippen molar-refractivity contribution >= 4 is 11.4 Å². The van der Waals surface area contributed by atoms with Crippen molar-refractivity contribution in [1.29, 1.82) is 0 Å². The maximum Gasteiger partial charge on any atom is 0.143 e. The molecule has 124 valence electrons. The summed E-state index contributed by atoms with van der Waals surface area (Å²) in [6, 6.07) is 17.7. The van der Waals surface area contributed by atoms with Crippen molar-refractivity contribution in [3.63, 3.8) is 0 Å². The molecule has 24 heavy (non-hydrogen) atoms. The van der Waals surface area contributed by atoms with Crippen molar-refractivity contribution in [2.75, 3.05) is 37.7 Å². The normalized spacial score (nSPS) is 28.2. The smallest absolute Gasteiger partial charge is 0.143 e. The molecule has 1 aliphatic carbocycles. The number of hydrogen-bond donors (Lipinski definition) is 0. The van der Waals surface area contributed by atoms with Gasteiger partial charge in [-0.25, -0.2) is 0 Å². The second-order valence-electron chi connectivity index (χ2n) is 7.40. The Labute approximate surface area is 143 Å². The summed E-state index contributed by atoms with van der Waals surface area (Å²) in [5.41, 5.74) is 4.44. The van der Waals surface area contributed by atoms with Crippen LogP contribution in [0.5, 0.6) is 5.75 Å². The van der Waals surface area contributed by atoms with E-state index in [9.17, 15) is 0 Å². The molecule has 2 heterocycles. The van der Waals surface area contributed by atoms with Gasteiger partial charge in [-0.15, -0.1) is 0 Å². The lowest BCUT2D eigenvalue weighted by Crippen LogP contribution is -2.28. The number of likely N-dealkylation sites (tertiary alicyclic amines) is 1. The number of nitrogens with zero attached hydrogens (tertiary/aromatic N) is 2. The van der Waals surface area contributed by atoms with Gasteiger partial charge >= 0.3 is 0 Å². The Bertz CT molecular complexity index is 757. The highest BCUT2D eigenvalue weighted by atomic mass is 16.5. The van der Waals surface area contributed by atoms with Crippen molar-refractivity contribution in [1.82, 2.24) is 4.90 Å². The second kappa shape index (κ2) is 5.25. The summed E-state index contributed by atoms with van der Waals surface area (Å²) in [5.74, 6) is 1.87. The zero-order valence-electron chi connectivity index (χ0n) is 14.2. The van der Waals surface area contributed by atoms with Gasteiger partial charge in [-0.3, -0.25) is 0 Å². The summed E-state index contributed by atoms with van der Waals surface area (Å²) in [6.45, 7) is 7.64. The van der Waals surface area contributed by atoms with Crippen LogP contribution in [0.15, 0.2) is 48.5 Å². The number of anilines is 2. The highest BCUT2D eigenvalue weighted by Crippen LogP contribution is 2.59. The van der Waals surface area contributed by atoms with E-state index in [1.54, 1.807) is 0 Å². The number of likely N-dealkylation sites (N-methyl/N-ethyl adjacent to an activating group) is 1. The van der Waals surface area contributed by atoms with Gasteiger partial charge in [0.05, 0.1) is 12.2 Å². The SMILES string of the molecule is CCN1CC2CC2(c2ccc(N3CCOc4ccccc43)cc2)C1. The third kappa shape index (κ3) is 2.07. The highest BCUT2D eigenvalue weighted by Gasteiger charge is 2.60. The monoisotopic (exact) mass is 320 g/mol. The fraction of sp³-hybridized carbons (Fsp3) is 0.429. The van der Waals surface area contributed by atoms with Crippen molar-refractivity contribution in [3.05, 3.63) is 54.1 Å². The fourth-order valence-corrected chi connectivity index (χ4v) is 4.69. The third-order valence-electron chi connectivity index (χ3n) is 6.15. The maximum absolute atomic E-state index is 5.78. The molecule has 2 unspecified atom stereocenters. The number of fused-ring (bicyclic) bond motifs is 2. The molecule has 0 aromatic heterocycles. The van der Waals surface area contributed by atoms with Crippen LogP contribution in [0.2, 0.25) is 0 Å². The van der Waals surface area contributed by atoms with Gasteiger partial charge in [0.2, 0.25) is 0 Å². The van der Waals surface area contributed by atoms with Gasteiger partial charge in [0.15, 0.2) is 0 Å². The Kier molecular flexibility index (Phi) is 3.14. The molecule has 2 aliphatic heterocycles. The average Bonchev–Trinajstić information content (AvgIpc) is 3.23. The lowest BCUT2D eigenvalue weighted by molar-refractivity contribution is 0.313.